The smallest absolute Gasteiger partial charge is 0.278 e. The van der Waals surface area contributed by atoms with E-state index in [0.29, 0.717) is 0 Å². The van der Waals surface area contributed by atoms with Crippen LogP contribution in [0.25, 0.3) is 10.8 Å². The standard InChI is InChI=1S/C19H16N4O4/c24-15-8-9-18(23(26)27)14(10-15)11-21-22-19(25)12-20-17-7-3-5-13-4-1-2-6-16(13)17/h1-11,20,24H,12H2,(H,22,25). The predicted octanol–water partition coefficient (Wildman–Crippen LogP) is 3.02. The SMILES string of the molecule is O=C(CNc1cccc2ccccc12)NN=Cc1cc(O)ccc1[N+](=O)[O-]. The van der Waals surface area contributed by atoms with Crippen molar-refractivity contribution in [2.24, 2.45) is 5.10 Å². The molecule has 0 aromatic heterocycles. The van der Waals surface area contributed by atoms with Gasteiger partial charge < -0.3 is 10.4 Å². The molecule has 8 nitrogen and oxygen atoms in total. The lowest BCUT2D eigenvalue weighted by atomic mass is 10.1. The maximum absolute atomic E-state index is 12.0. The summed E-state index contributed by atoms with van der Waals surface area (Å²) in [5.41, 5.74) is 2.98. The van der Waals surface area contributed by atoms with Gasteiger partial charge in [-0.15, -0.1) is 0 Å². The molecule has 0 spiro atoms. The van der Waals surface area contributed by atoms with E-state index in [9.17, 15) is 20.0 Å². The van der Waals surface area contributed by atoms with E-state index in [1.807, 2.05) is 42.5 Å². The summed E-state index contributed by atoms with van der Waals surface area (Å²) in [4.78, 5) is 22.3. The zero-order chi connectivity index (χ0) is 19.2. The van der Waals surface area contributed by atoms with Crippen LogP contribution in [-0.2, 0) is 4.79 Å². The van der Waals surface area contributed by atoms with Gasteiger partial charge in [-0.05, 0) is 23.6 Å². The fraction of sp³-hybridized carbons (Fsp3) is 0.0526. The molecule has 0 aliphatic rings. The maximum Gasteiger partial charge on any atom is 0.278 e. The number of nitrogens with zero attached hydrogens (tertiary/aromatic N) is 2. The van der Waals surface area contributed by atoms with E-state index in [2.05, 4.69) is 15.8 Å². The van der Waals surface area contributed by atoms with Gasteiger partial charge in [0.05, 0.1) is 23.2 Å². The van der Waals surface area contributed by atoms with Crippen LogP contribution in [0.2, 0.25) is 0 Å². The number of hydrogen-bond acceptors (Lipinski definition) is 6. The van der Waals surface area contributed by atoms with Gasteiger partial charge in [0.15, 0.2) is 0 Å². The highest BCUT2D eigenvalue weighted by atomic mass is 16.6. The van der Waals surface area contributed by atoms with Crippen molar-refractivity contribution in [3.63, 3.8) is 0 Å². The Morgan fingerprint density at radius 2 is 1.93 bits per heavy atom. The summed E-state index contributed by atoms with van der Waals surface area (Å²) >= 11 is 0. The quantitative estimate of drug-likeness (QED) is 0.353. The lowest BCUT2D eigenvalue weighted by molar-refractivity contribution is -0.385. The molecule has 0 atom stereocenters. The van der Waals surface area contributed by atoms with Gasteiger partial charge in [0.25, 0.3) is 11.6 Å². The molecule has 0 unspecified atom stereocenters. The molecule has 1 amide bonds. The molecule has 0 bridgehead atoms. The molecular weight excluding hydrogens is 348 g/mol. The number of phenolic OH excluding ortho intramolecular Hbond substituents is 1. The largest absolute Gasteiger partial charge is 0.508 e. The van der Waals surface area contributed by atoms with E-state index < -0.39 is 10.8 Å². The summed E-state index contributed by atoms with van der Waals surface area (Å²) in [7, 11) is 0. The Morgan fingerprint density at radius 1 is 1.15 bits per heavy atom. The average Bonchev–Trinajstić information content (AvgIpc) is 2.66. The number of nitrogens with one attached hydrogen (secondary N) is 2. The van der Waals surface area contributed by atoms with Crippen molar-refractivity contribution in [3.8, 4) is 5.75 Å². The molecule has 0 radical (unpaired) electrons. The number of aromatic hydroxyl groups is 1. The van der Waals surface area contributed by atoms with Crippen LogP contribution < -0.4 is 10.7 Å². The zero-order valence-corrected chi connectivity index (χ0v) is 14.1. The second-order valence-electron chi connectivity index (χ2n) is 5.67. The molecule has 3 aromatic carbocycles. The number of nitro groups is 1. The van der Waals surface area contributed by atoms with Gasteiger partial charge in [-0.3, -0.25) is 14.9 Å². The first kappa shape index (κ1) is 17.9. The van der Waals surface area contributed by atoms with Crippen LogP contribution in [0, 0.1) is 10.1 Å². The molecule has 0 saturated heterocycles. The molecule has 8 heteroatoms. The second kappa shape index (κ2) is 7.96. The van der Waals surface area contributed by atoms with Gasteiger partial charge >= 0.3 is 0 Å². The number of amides is 1. The topological polar surface area (TPSA) is 117 Å². The van der Waals surface area contributed by atoms with Crippen molar-refractivity contribution in [2.45, 2.75) is 0 Å². The van der Waals surface area contributed by atoms with Gasteiger partial charge in [-0.25, -0.2) is 5.43 Å². The highest BCUT2D eigenvalue weighted by Crippen LogP contribution is 2.23. The lowest BCUT2D eigenvalue weighted by Crippen LogP contribution is -2.26. The fourth-order valence-electron chi connectivity index (χ4n) is 2.58. The Bertz CT molecular complexity index is 1030. The molecule has 136 valence electrons. The van der Waals surface area contributed by atoms with Crippen LogP contribution in [0.5, 0.6) is 5.75 Å². The number of hydrogen-bond donors (Lipinski definition) is 3. The third kappa shape index (κ3) is 4.37. The summed E-state index contributed by atoms with van der Waals surface area (Å²) in [6.07, 6.45) is 1.12. The van der Waals surface area contributed by atoms with E-state index >= 15 is 0 Å². The van der Waals surface area contributed by atoms with E-state index in [0.717, 1.165) is 22.7 Å². The number of hydrazone groups is 1. The van der Waals surface area contributed by atoms with Gasteiger partial charge in [0, 0.05) is 17.1 Å². The number of rotatable bonds is 6. The van der Waals surface area contributed by atoms with Crippen molar-refractivity contribution < 1.29 is 14.8 Å². The Hall–Kier alpha value is -3.94. The van der Waals surface area contributed by atoms with Crippen molar-refractivity contribution >= 4 is 34.3 Å². The lowest BCUT2D eigenvalue weighted by Gasteiger charge is -2.08. The van der Waals surface area contributed by atoms with Gasteiger partial charge in [0.2, 0.25) is 0 Å². The molecule has 0 heterocycles. The Kier molecular flexibility index (Phi) is 5.27. The third-order valence-corrected chi connectivity index (χ3v) is 3.83. The van der Waals surface area contributed by atoms with Crippen molar-refractivity contribution in [1.29, 1.82) is 0 Å². The van der Waals surface area contributed by atoms with Crippen LogP contribution in [0.4, 0.5) is 11.4 Å². The van der Waals surface area contributed by atoms with Crippen LogP contribution in [0.15, 0.2) is 65.8 Å². The van der Waals surface area contributed by atoms with Gasteiger partial charge in [-0.1, -0.05) is 36.4 Å². The minimum absolute atomic E-state index is 0.0204. The number of benzene rings is 3. The summed E-state index contributed by atoms with van der Waals surface area (Å²) in [6, 6.07) is 17.1. The second-order valence-corrected chi connectivity index (χ2v) is 5.67. The number of carbonyl (C=O) groups is 1. The van der Waals surface area contributed by atoms with Crippen molar-refractivity contribution in [3.05, 3.63) is 76.3 Å². The first-order valence-electron chi connectivity index (χ1n) is 8.05. The molecule has 0 fully saturated rings. The van der Waals surface area contributed by atoms with Crippen LogP contribution in [-0.4, -0.2) is 28.7 Å². The zero-order valence-electron chi connectivity index (χ0n) is 14.1. The average molecular weight is 364 g/mol. The first-order chi connectivity index (χ1) is 13.0. The normalized spacial score (nSPS) is 10.8. The Labute approximate surface area is 154 Å². The maximum atomic E-state index is 12.0. The molecule has 27 heavy (non-hydrogen) atoms. The summed E-state index contributed by atoms with van der Waals surface area (Å²) in [5, 5.41) is 29.2. The van der Waals surface area contributed by atoms with E-state index in [1.165, 1.54) is 18.2 Å². The molecule has 3 aromatic rings. The van der Waals surface area contributed by atoms with Crippen LogP contribution >= 0.6 is 0 Å². The van der Waals surface area contributed by atoms with Gasteiger partial charge in [-0.2, -0.15) is 5.10 Å². The Balaban J connectivity index is 1.63. The van der Waals surface area contributed by atoms with Crippen molar-refractivity contribution in [1.82, 2.24) is 5.43 Å². The molecule has 0 aliphatic heterocycles. The third-order valence-electron chi connectivity index (χ3n) is 3.83. The summed E-state index contributed by atoms with van der Waals surface area (Å²) in [5.74, 6) is -0.548. The minimum atomic E-state index is -0.593. The number of fused-ring (bicyclic) bond motifs is 1. The highest BCUT2D eigenvalue weighted by molar-refractivity contribution is 5.95. The van der Waals surface area contributed by atoms with E-state index in [-0.39, 0.29) is 23.5 Å². The number of anilines is 1. The molecular formula is C19H16N4O4. The number of phenols is 1. The molecule has 0 saturated carbocycles. The Morgan fingerprint density at radius 3 is 2.74 bits per heavy atom. The fourth-order valence-corrected chi connectivity index (χ4v) is 2.58. The number of carbonyl (C=O) groups excluding carboxylic acids is 1. The van der Waals surface area contributed by atoms with Gasteiger partial charge in [0.1, 0.15) is 5.75 Å². The van der Waals surface area contributed by atoms with E-state index in [1.54, 1.807) is 0 Å². The predicted molar refractivity (Wildman–Crippen MR) is 103 cm³/mol. The minimum Gasteiger partial charge on any atom is -0.508 e. The molecule has 3 rings (SSSR count). The highest BCUT2D eigenvalue weighted by Gasteiger charge is 2.12. The van der Waals surface area contributed by atoms with E-state index in [4.69, 9.17) is 0 Å². The van der Waals surface area contributed by atoms with Crippen LogP contribution in [0.3, 0.4) is 0 Å². The number of nitro benzene ring substituents is 1. The molecule has 0 aliphatic carbocycles. The summed E-state index contributed by atoms with van der Waals surface area (Å²) < 4.78 is 0. The van der Waals surface area contributed by atoms with Crippen molar-refractivity contribution in [2.75, 3.05) is 11.9 Å². The monoisotopic (exact) mass is 364 g/mol. The first-order valence-corrected chi connectivity index (χ1v) is 8.05. The molecule has 3 N–H and O–H groups in total. The summed E-state index contributed by atoms with van der Waals surface area (Å²) in [6.45, 7) is -0.0204. The van der Waals surface area contributed by atoms with Crippen LogP contribution in [0.1, 0.15) is 5.56 Å².